The fraction of sp³-hybridized carbons (Fsp3) is 0.0476. The molecule has 0 aliphatic rings. The highest BCUT2D eigenvalue weighted by atomic mass is 79.9. The van der Waals surface area contributed by atoms with Gasteiger partial charge in [0.05, 0.1) is 5.69 Å². The van der Waals surface area contributed by atoms with Crippen LogP contribution >= 0.6 is 15.9 Å². The molecule has 150 valence electrons. The van der Waals surface area contributed by atoms with Gasteiger partial charge in [0.2, 0.25) is 11.7 Å². The van der Waals surface area contributed by atoms with Gasteiger partial charge in [-0.3, -0.25) is 9.59 Å². The second-order valence-corrected chi connectivity index (χ2v) is 7.06. The van der Waals surface area contributed by atoms with Gasteiger partial charge in [0, 0.05) is 23.7 Å². The van der Waals surface area contributed by atoms with Crippen LogP contribution in [0.3, 0.4) is 0 Å². The molecule has 2 N–H and O–H groups in total. The number of anilines is 2. The van der Waals surface area contributed by atoms with Gasteiger partial charge in [-0.15, -0.1) is 0 Å². The van der Waals surface area contributed by atoms with Gasteiger partial charge in [-0.25, -0.2) is 0 Å². The van der Waals surface area contributed by atoms with Gasteiger partial charge in [0.25, 0.3) is 11.8 Å². The molecule has 0 spiro atoms. The zero-order valence-corrected chi connectivity index (χ0v) is 17.3. The highest BCUT2D eigenvalue weighted by Gasteiger charge is 2.15. The quantitative estimate of drug-likeness (QED) is 0.432. The third kappa shape index (κ3) is 4.31. The number of carbonyl (C=O) groups is 2. The highest BCUT2D eigenvalue weighted by molar-refractivity contribution is 9.10. The van der Waals surface area contributed by atoms with Gasteiger partial charge in [-0.05, 0) is 58.4 Å². The average molecular weight is 467 g/mol. The van der Waals surface area contributed by atoms with Crippen molar-refractivity contribution < 1.29 is 18.5 Å². The number of aryl methyl sites for hydroxylation is 1. The molecule has 0 fully saturated rings. The molecular formula is C21H15BrN4O4. The first-order valence-electron chi connectivity index (χ1n) is 8.87. The van der Waals surface area contributed by atoms with E-state index >= 15 is 0 Å². The van der Waals surface area contributed by atoms with Gasteiger partial charge < -0.3 is 19.6 Å². The normalized spacial score (nSPS) is 10.6. The van der Waals surface area contributed by atoms with Crippen molar-refractivity contribution in [3.05, 3.63) is 82.5 Å². The molecule has 2 heterocycles. The number of para-hydroxylation sites is 1. The van der Waals surface area contributed by atoms with Crippen LogP contribution in [0.2, 0.25) is 0 Å². The molecule has 2 amide bonds. The van der Waals surface area contributed by atoms with Crippen molar-refractivity contribution >= 4 is 39.1 Å². The van der Waals surface area contributed by atoms with Crippen molar-refractivity contribution in [1.82, 2.24) is 10.1 Å². The zero-order valence-electron chi connectivity index (χ0n) is 15.7. The lowest BCUT2D eigenvalue weighted by Crippen LogP contribution is -2.14. The Morgan fingerprint density at radius 2 is 1.80 bits per heavy atom. The first-order chi connectivity index (χ1) is 14.5. The number of hydrogen-bond acceptors (Lipinski definition) is 6. The summed E-state index contributed by atoms with van der Waals surface area (Å²) >= 11 is 3.16. The minimum atomic E-state index is -0.420. The van der Waals surface area contributed by atoms with E-state index in [1.807, 2.05) is 6.07 Å². The van der Waals surface area contributed by atoms with Crippen LogP contribution in [0.15, 0.2) is 74.3 Å². The molecule has 0 radical (unpaired) electrons. The molecular weight excluding hydrogens is 452 g/mol. The molecule has 0 aliphatic heterocycles. The largest absolute Gasteiger partial charge is 0.444 e. The Labute approximate surface area is 179 Å². The predicted molar refractivity (Wildman–Crippen MR) is 113 cm³/mol. The molecule has 0 unspecified atom stereocenters. The molecule has 0 bridgehead atoms. The SMILES string of the molecule is Cc1nc(-c2ccccc2NC(=O)c2cccc(NC(=O)c3ccc(Br)o3)c2)no1. The van der Waals surface area contributed by atoms with E-state index in [0.717, 1.165) is 0 Å². The Hall–Kier alpha value is -3.72. The number of halogens is 1. The van der Waals surface area contributed by atoms with Crippen LogP contribution in [0.5, 0.6) is 0 Å². The fourth-order valence-corrected chi connectivity index (χ4v) is 3.06. The number of carbonyl (C=O) groups excluding carboxylic acids is 2. The first-order valence-corrected chi connectivity index (χ1v) is 9.67. The van der Waals surface area contributed by atoms with E-state index in [2.05, 4.69) is 36.7 Å². The standard InChI is InChI=1S/C21H15BrN4O4/c1-12-23-19(26-30-12)15-7-2-3-8-16(15)25-20(27)13-5-4-6-14(11-13)24-21(28)17-9-10-18(22)29-17/h2-11H,1H3,(H,24,28)(H,25,27). The number of amides is 2. The molecule has 4 rings (SSSR count). The number of rotatable bonds is 5. The molecule has 2 aromatic carbocycles. The maximum absolute atomic E-state index is 12.8. The predicted octanol–water partition coefficient (Wildman–Crippen LogP) is 4.91. The second kappa shape index (κ2) is 8.34. The van der Waals surface area contributed by atoms with Crippen molar-refractivity contribution in [3.63, 3.8) is 0 Å². The molecule has 4 aromatic rings. The Morgan fingerprint density at radius 3 is 2.53 bits per heavy atom. The van der Waals surface area contributed by atoms with E-state index in [-0.39, 0.29) is 11.7 Å². The number of hydrogen-bond donors (Lipinski definition) is 2. The summed E-state index contributed by atoms with van der Waals surface area (Å²) in [5, 5.41) is 9.46. The van der Waals surface area contributed by atoms with Crippen LogP contribution in [0.1, 0.15) is 26.8 Å². The van der Waals surface area contributed by atoms with Gasteiger partial charge in [0.1, 0.15) is 0 Å². The number of nitrogens with one attached hydrogen (secondary N) is 2. The molecule has 30 heavy (non-hydrogen) atoms. The minimum absolute atomic E-state index is 0.154. The highest BCUT2D eigenvalue weighted by Crippen LogP contribution is 2.26. The summed E-state index contributed by atoms with van der Waals surface area (Å²) in [5.41, 5.74) is 2.00. The van der Waals surface area contributed by atoms with Crippen molar-refractivity contribution in [2.24, 2.45) is 0 Å². The molecule has 0 saturated carbocycles. The van der Waals surface area contributed by atoms with Crippen LogP contribution in [-0.2, 0) is 0 Å². The summed E-state index contributed by atoms with van der Waals surface area (Å²) in [6.07, 6.45) is 0. The Bertz CT molecular complexity index is 1230. The maximum atomic E-state index is 12.8. The van der Waals surface area contributed by atoms with E-state index in [4.69, 9.17) is 8.94 Å². The molecule has 9 heteroatoms. The van der Waals surface area contributed by atoms with E-state index in [0.29, 0.717) is 38.9 Å². The summed E-state index contributed by atoms with van der Waals surface area (Å²) in [6.45, 7) is 1.69. The van der Waals surface area contributed by atoms with E-state index in [9.17, 15) is 9.59 Å². The number of aromatic nitrogens is 2. The van der Waals surface area contributed by atoms with Crippen molar-refractivity contribution in [2.45, 2.75) is 6.92 Å². The Kier molecular flexibility index (Phi) is 5.44. The van der Waals surface area contributed by atoms with E-state index in [1.54, 1.807) is 61.5 Å². The van der Waals surface area contributed by atoms with E-state index < -0.39 is 5.91 Å². The monoisotopic (exact) mass is 466 g/mol. The average Bonchev–Trinajstić information content (AvgIpc) is 3.37. The minimum Gasteiger partial charge on any atom is -0.444 e. The van der Waals surface area contributed by atoms with Crippen molar-refractivity contribution in [2.75, 3.05) is 10.6 Å². The zero-order chi connectivity index (χ0) is 21.1. The summed E-state index contributed by atoms with van der Waals surface area (Å²) in [4.78, 5) is 29.3. The van der Waals surface area contributed by atoms with Crippen molar-refractivity contribution in [3.8, 4) is 11.4 Å². The van der Waals surface area contributed by atoms with Crippen LogP contribution in [-0.4, -0.2) is 22.0 Å². The molecule has 0 atom stereocenters. The van der Waals surface area contributed by atoms with E-state index in [1.165, 1.54) is 0 Å². The lowest BCUT2D eigenvalue weighted by Gasteiger charge is -2.10. The van der Waals surface area contributed by atoms with Crippen LogP contribution in [0, 0.1) is 6.92 Å². The lowest BCUT2D eigenvalue weighted by atomic mass is 10.1. The fourth-order valence-electron chi connectivity index (χ4n) is 2.76. The lowest BCUT2D eigenvalue weighted by molar-refractivity contribution is 0.0992. The number of benzene rings is 2. The van der Waals surface area contributed by atoms with Crippen molar-refractivity contribution in [1.29, 1.82) is 0 Å². The number of furan rings is 1. The smallest absolute Gasteiger partial charge is 0.291 e. The number of nitrogens with zero attached hydrogens (tertiary/aromatic N) is 2. The molecule has 2 aromatic heterocycles. The molecule has 8 nitrogen and oxygen atoms in total. The topological polar surface area (TPSA) is 110 Å². The summed E-state index contributed by atoms with van der Waals surface area (Å²) in [7, 11) is 0. The van der Waals surface area contributed by atoms with Crippen LogP contribution in [0.25, 0.3) is 11.4 Å². The van der Waals surface area contributed by atoms with Crippen LogP contribution in [0.4, 0.5) is 11.4 Å². The van der Waals surface area contributed by atoms with Gasteiger partial charge in [0.15, 0.2) is 10.4 Å². The van der Waals surface area contributed by atoms with Gasteiger partial charge in [-0.1, -0.05) is 23.4 Å². The summed E-state index contributed by atoms with van der Waals surface area (Å²) < 4.78 is 10.7. The first kappa shape index (κ1) is 19.6. The summed E-state index contributed by atoms with van der Waals surface area (Å²) in [6, 6.07) is 16.9. The molecule has 0 saturated heterocycles. The Morgan fingerprint density at radius 1 is 0.967 bits per heavy atom. The van der Waals surface area contributed by atoms with Gasteiger partial charge >= 0.3 is 0 Å². The van der Waals surface area contributed by atoms with Gasteiger partial charge in [-0.2, -0.15) is 4.98 Å². The third-order valence-corrected chi connectivity index (χ3v) is 4.55. The maximum Gasteiger partial charge on any atom is 0.291 e. The third-order valence-electron chi connectivity index (χ3n) is 4.12. The molecule has 0 aliphatic carbocycles. The Balaban J connectivity index is 1.52. The second-order valence-electron chi connectivity index (χ2n) is 6.28. The van der Waals surface area contributed by atoms with Crippen LogP contribution < -0.4 is 10.6 Å². The summed E-state index contributed by atoms with van der Waals surface area (Å²) in [5.74, 6) is 0.198.